The van der Waals surface area contributed by atoms with Crippen molar-refractivity contribution in [1.29, 1.82) is 0 Å². The first-order valence-corrected chi connectivity index (χ1v) is 12.3. The number of carbonyl (C=O) groups is 1. The van der Waals surface area contributed by atoms with Crippen molar-refractivity contribution in [2.75, 3.05) is 25.0 Å². The van der Waals surface area contributed by atoms with Gasteiger partial charge in [0.1, 0.15) is 5.00 Å². The summed E-state index contributed by atoms with van der Waals surface area (Å²) >= 11 is 7.46. The highest BCUT2D eigenvalue weighted by Gasteiger charge is 2.36. The lowest BCUT2D eigenvalue weighted by Gasteiger charge is -2.43. The monoisotopic (exact) mass is 457 g/mol. The maximum atomic E-state index is 12.7. The van der Waals surface area contributed by atoms with Crippen LogP contribution in [0, 0.1) is 5.92 Å². The Kier molecular flexibility index (Phi) is 5.60. The van der Waals surface area contributed by atoms with Gasteiger partial charge in [-0.2, -0.15) is 0 Å². The van der Waals surface area contributed by atoms with E-state index in [9.17, 15) is 9.59 Å². The summed E-state index contributed by atoms with van der Waals surface area (Å²) in [5.74, 6) is 0.436. The molecule has 31 heavy (non-hydrogen) atoms. The van der Waals surface area contributed by atoms with Crippen molar-refractivity contribution in [2.45, 2.75) is 51.5 Å². The molecule has 0 saturated carbocycles. The molecule has 2 bridgehead atoms. The van der Waals surface area contributed by atoms with E-state index in [1.165, 1.54) is 4.88 Å². The molecule has 5 rings (SSSR count). The van der Waals surface area contributed by atoms with Crippen LogP contribution in [-0.2, 0) is 24.1 Å². The molecular formula is C23H27N3O3S2. The van der Waals surface area contributed by atoms with E-state index >= 15 is 0 Å². The van der Waals surface area contributed by atoms with Gasteiger partial charge in [-0.15, -0.1) is 11.3 Å². The molecule has 0 spiro atoms. The summed E-state index contributed by atoms with van der Waals surface area (Å²) in [6, 6.07) is 5.56. The largest absolute Gasteiger partial charge is 0.462 e. The predicted octanol–water partition coefficient (Wildman–Crippen LogP) is 3.78. The normalized spacial score (nSPS) is 21.8. The standard InChI is InChI=1S/C23H27N3O3S2/c1-2-29-22(28)20-16-6-3-4-8-18(16)31-21(20)24-23(30)25-11-14-10-15(13-25)17-7-5-9-19(27)26(17)12-14/h5,7,9,14-15H,2-4,6,8,10-13H2,1H3,(H,24,30). The molecule has 1 fully saturated rings. The number of ether oxygens (including phenoxy) is 1. The topological polar surface area (TPSA) is 63.6 Å². The molecule has 2 aromatic heterocycles. The number of hydrogen-bond donors (Lipinski definition) is 1. The molecule has 2 aliphatic heterocycles. The lowest BCUT2D eigenvalue weighted by Crippen LogP contribution is -2.50. The molecule has 6 nitrogen and oxygen atoms in total. The number of esters is 1. The minimum absolute atomic E-state index is 0.0876. The van der Waals surface area contributed by atoms with Gasteiger partial charge in [0.15, 0.2) is 5.11 Å². The second kappa shape index (κ2) is 8.39. The number of anilines is 1. The molecule has 0 aromatic carbocycles. The minimum atomic E-state index is -0.254. The first kappa shape index (κ1) is 20.7. The average Bonchev–Trinajstić information content (AvgIpc) is 3.12. The summed E-state index contributed by atoms with van der Waals surface area (Å²) in [7, 11) is 0. The molecule has 1 N–H and O–H groups in total. The number of nitrogens with zero attached hydrogens (tertiary/aromatic N) is 2. The Morgan fingerprint density at radius 1 is 1.26 bits per heavy atom. The number of thiocarbonyl (C=S) groups is 1. The third-order valence-electron chi connectivity index (χ3n) is 6.64. The number of piperidine rings is 1. The summed E-state index contributed by atoms with van der Waals surface area (Å²) in [4.78, 5) is 28.5. The molecule has 1 aliphatic carbocycles. The molecule has 4 heterocycles. The van der Waals surface area contributed by atoms with Crippen LogP contribution < -0.4 is 10.9 Å². The zero-order valence-electron chi connectivity index (χ0n) is 17.7. The third-order valence-corrected chi connectivity index (χ3v) is 8.21. The van der Waals surface area contributed by atoms with Crippen molar-refractivity contribution in [3.63, 3.8) is 0 Å². The van der Waals surface area contributed by atoms with E-state index in [0.717, 1.165) is 68.0 Å². The van der Waals surface area contributed by atoms with Crippen molar-refractivity contribution >= 4 is 39.6 Å². The first-order chi connectivity index (χ1) is 15.0. The zero-order chi connectivity index (χ0) is 21.5. The van der Waals surface area contributed by atoms with Gasteiger partial charge in [0.2, 0.25) is 0 Å². The number of rotatable bonds is 3. The number of hydrogen-bond acceptors (Lipinski definition) is 5. The first-order valence-electron chi connectivity index (χ1n) is 11.1. The molecule has 164 valence electrons. The Labute approximate surface area is 191 Å². The molecule has 2 unspecified atom stereocenters. The van der Waals surface area contributed by atoms with Crippen LogP contribution in [0.2, 0.25) is 0 Å². The fourth-order valence-electron chi connectivity index (χ4n) is 5.31. The smallest absolute Gasteiger partial charge is 0.341 e. The van der Waals surface area contributed by atoms with E-state index < -0.39 is 0 Å². The van der Waals surface area contributed by atoms with E-state index in [4.69, 9.17) is 17.0 Å². The highest BCUT2D eigenvalue weighted by Crippen LogP contribution is 2.40. The van der Waals surface area contributed by atoms with Crippen LogP contribution in [0.15, 0.2) is 23.0 Å². The highest BCUT2D eigenvalue weighted by atomic mass is 32.1. The van der Waals surface area contributed by atoms with Crippen molar-refractivity contribution < 1.29 is 9.53 Å². The molecule has 1 saturated heterocycles. The van der Waals surface area contributed by atoms with Gasteiger partial charge in [-0.3, -0.25) is 4.79 Å². The van der Waals surface area contributed by atoms with Crippen molar-refractivity contribution in [2.24, 2.45) is 5.92 Å². The Morgan fingerprint density at radius 3 is 2.94 bits per heavy atom. The fourth-order valence-corrected chi connectivity index (χ4v) is 6.90. The van der Waals surface area contributed by atoms with E-state index in [2.05, 4.69) is 16.3 Å². The van der Waals surface area contributed by atoms with Gasteiger partial charge < -0.3 is 19.5 Å². The average molecular weight is 458 g/mol. The van der Waals surface area contributed by atoms with Crippen LogP contribution in [0.4, 0.5) is 5.00 Å². The summed E-state index contributed by atoms with van der Waals surface area (Å²) < 4.78 is 7.30. The number of carbonyl (C=O) groups excluding carboxylic acids is 1. The number of nitrogens with one attached hydrogen (secondary N) is 1. The SMILES string of the molecule is CCOC(=O)c1c(NC(=S)N2CC3CC(C2)c2cccc(=O)n2C3)sc2c1CCCC2. The number of aryl methyl sites for hydroxylation is 1. The zero-order valence-corrected chi connectivity index (χ0v) is 19.3. The molecule has 0 amide bonds. The van der Waals surface area contributed by atoms with E-state index in [1.54, 1.807) is 17.4 Å². The van der Waals surface area contributed by atoms with Crippen LogP contribution in [0.3, 0.4) is 0 Å². The lowest BCUT2D eigenvalue weighted by molar-refractivity contribution is 0.0526. The van der Waals surface area contributed by atoms with Gasteiger partial charge >= 0.3 is 5.97 Å². The Balaban J connectivity index is 1.38. The molecule has 0 radical (unpaired) electrons. The number of pyridine rings is 1. The van der Waals surface area contributed by atoms with Gasteiger partial charge in [-0.1, -0.05) is 6.07 Å². The number of fused-ring (bicyclic) bond motifs is 5. The number of thiophene rings is 1. The van der Waals surface area contributed by atoms with E-state index in [-0.39, 0.29) is 11.5 Å². The van der Waals surface area contributed by atoms with Gasteiger partial charge in [0, 0.05) is 42.2 Å². The van der Waals surface area contributed by atoms with Crippen molar-refractivity contribution in [3.8, 4) is 0 Å². The second-order valence-corrected chi connectivity index (χ2v) is 10.2. The fraction of sp³-hybridized carbons (Fsp3) is 0.522. The Bertz CT molecular complexity index is 1090. The van der Waals surface area contributed by atoms with Gasteiger partial charge in [-0.05, 0) is 68.8 Å². The van der Waals surface area contributed by atoms with Gasteiger partial charge in [-0.25, -0.2) is 4.79 Å². The van der Waals surface area contributed by atoms with Gasteiger partial charge in [0.05, 0.1) is 12.2 Å². The van der Waals surface area contributed by atoms with Crippen LogP contribution in [-0.4, -0.2) is 40.2 Å². The molecule has 8 heteroatoms. The Morgan fingerprint density at radius 2 is 2.10 bits per heavy atom. The van der Waals surface area contributed by atoms with Crippen molar-refractivity contribution in [1.82, 2.24) is 9.47 Å². The Hall–Kier alpha value is -2.19. The number of aromatic nitrogens is 1. The van der Waals surface area contributed by atoms with E-state index in [1.807, 2.05) is 17.6 Å². The summed E-state index contributed by atoms with van der Waals surface area (Å²) in [6.07, 6.45) is 5.29. The second-order valence-electron chi connectivity index (χ2n) is 8.67. The summed E-state index contributed by atoms with van der Waals surface area (Å²) in [5.41, 5.74) is 3.02. The molecule has 2 atom stereocenters. The van der Waals surface area contributed by atoms with Crippen LogP contribution in [0.1, 0.15) is 58.6 Å². The number of likely N-dealkylation sites (tertiary alicyclic amines) is 1. The summed E-state index contributed by atoms with van der Waals surface area (Å²) in [6.45, 7) is 4.55. The minimum Gasteiger partial charge on any atom is -0.462 e. The summed E-state index contributed by atoms with van der Waals surface area (Å²) in [5, 5.41) is 4.89. The molecule has 2 aromatic rings. The lowest BCUT2D eigenvalue weighted by atomic mass is 9.83. The van der Waals surface area contributed by atoms with Crippen molar-refractivity contribution in [3.05, 3.63) is 50.3 Å². The highest BCUT2D eigenvalue weighted by molar-refractivity contribution is 7.80. The maximum Gasteiger partial charge on any atom is 0.341 e. The third kappa shape index (κ3) is 3.80. The molecule has 3 aliphatic rings. The molecular weight excluding hydrogens is 430 g/mol. The quantitative estimate of drug-likeness (QED) is 0.559. The predicted molar refractivity (Wildman–Crippen MR) is 126 cm³/mol. The van der Waals surface area contributed by atoms with E-state index in [0.29, 0.717) is 29.1 Å². The maximum absolute atomic E-state index is 12.7. The van der Waals surface area contributed by atoms with Gasteiger partial charge in [0.25, 0.3) is 5.56 Å². The van der Waals surface area contributed by atoms with Crippen LogP contribution >= 0.6 is 23.6 Å². The van der Waals surface area contributed by atoms with Crippen LogP contribution in [0.25, 0.3) is 0 Å². The van der Waals surface area contributed by atoms with Crippen LogP contribution in [0.5, 0.6) is 0 Å².